The number of hydrogen-bond acceptors (Lipinski definition) is 2. The second kappa shape index (κ2) is 4.41. The highest BCUT2D eigenvalue weighted by Gasteiger charge is 1.95. The fraction of sp³-hybridized carbons (Fsp3) is 0.400. The third-order valence-corrected chi connectivity index (χ3v) is 2.03. The minimum atomic E-state index is 0.868. The van der Waals surface area contributed by atoms with E-state index in [1.165, 1.54) is 16.8 Å². The van der Waals surface area contributed by atoms with Crippen LogP contribution in [0.3, 0.4) is 0 Å². The summed E-state index contributed by atoms with van der Waals surface area (Å²) in [5.74, 6) is 0.868. The van der Waals surface area contributed by atoms with E-state index in [0.717, 1.165) is 12.3 Å². The van der Waals surface area contributed by atoms with E-state index in [4.69, 9.17) is 0 Å². The smallest absolute Gasteiger partial charge is 0.0370 e. The van der Waals surface area contributed by atoms with Crippen LogP contribution in [0.25, 0.3) is 0 Å². The van der Waals surface area contributed by atoms with Crippen LogP contribution in [-0.2, 0) is 0 Å². The molecule has 0 amide bonds. The number of benzene rings is 1. The predicted molar refractivity (Wildman–Crippen MR) is 58.3 cm³/mol. The first-order valence-electron chi connectivity index (χ1n) is 4.16. The fourth-order valence-corrected chi connectivity index (χ4v) is 1.31. The van der Waals surface area contributed by atoms with Crippen LogP contribution in [0.15, 0.2) is 18.2 Å². The molecule has 0 unspecified atom stereocenters. The van der Waals surface area contributed by atoms with Gasteiger partial charge >= 0.3 is 0 Å². The molecule has 1 rings (SSSR count). The Morgan fingerprint density at radius 2 is 2.08 bits per heavy atom. The Morgan fingerprint density at radius 1 is 1.33 bits per heavy atom. The summed E-state index contributed by atoms with van der Waals surface area (Å²) >= 11 is 4.14. The Balaban J connectivity index is 2.72. The highest BCUT2D eigenvalue weighted by atomic mass is 32.1. The van der Waals surface area contributed by atoms with Gasteiger partial charge in [0.25, 0.3) is 0 Å². The number of anilines is 1. The second-order valence-corrected chi connectivity index (χ2v) is 3.42. The molecular weight excluding hydrogens is 166 g/mol. The molecule has 0 aliphatic heterocycles. The third kappa shape index (κ3) is 2.45. The molecule has 0 radical (unpaired) electrons. The molecule has 0 aromatic heterocycles. The molecule has 0 saturated heterocycles. The highest BCUT2D eigenvalue weighted by molar-refractivity contribution is 7.80. The largest absolute Gasteiger partial charge is 0.384 e. The molecule has 1 N–H and O–H groups in total. The Hall–Kier alpha value is -0.630. The van der Waals surface area contributed by atoms with Crippen molar-refractivity contribution in [3.63, 3.8) is 0 Å². The predicted octanol–water partition coefficient (Wildman–Crippen LogP) is 2.65. The van der Waals surface area contributed by atoms with E-state index < -0.39 is 0 Å². The summed E-state index contributed by atoms with van der Waals surface area (Å²) in [6.07, 6.45) is 0. The third-order valence-electron chi connectivity index (χ3n) is 1.81. The van der Waals surface area contributed by atoms with Gasteiger partial charge in [-0.2, -0.15) is 12.6 Å². The summed E-state index contributed by atoms with van der Waals surface area (Å²) in [6.45, 7) is 5.15. The van der Waals surface area contributed by atoms with Crippen LogP contribution in [0.5, 0.6) is 0 Å². The molecule has 66 valence electrons. The van der Waals surface area contributed by atoms with Gasteiger partial charge in [0.2, 0.25) is 0 Å². The molecule has 0 saturated carbocycles. The van der Waals surface area contributed by atoms with E-state index in [1.807, 2.05) is 0 Å². The minimum Gasteiger partial charge on any atom is -0.384 e. The zero-order valence-corrected chi connectivity index (χ0v) is 8.49. The monoisotopic (exact) mass is 181 g/mol. The minimum absolute atomic E-state index is 0.868. The standard InChI is InChI=1S/C10H15NS/c1-8-3-4-10(9(2)7-8)11-5-6-12/h3-4,7,11-12H,5-6H2,1-2H3. The van der Waals surface area contributed by atoms with Crippen molar-refractivity contribution >= 4 is 18.3 Å². The van der Waals surface area contributed by atoms with Gasteiger partial charge in [-0.15, -0.1) is 0 Å². The van der Waals surface area contributed by atoms with Crippen LogP contribution in [-0.4, -0.2) is 12.3 Å². The quantitative estimate of drug-likeness (QED) is 0.683. The van der Waals surface area contributed by atoms with Crippen molar-refractivity contribution in [2.75, 3.05) is 17.6 Å². The number of aryl methyl sites for hydroxylation is 2. The van der Waals surface area contributed by atoms with E-state index in [0.29, 0.717) is 0 Å². The van der Waals surface area contributed by atoms with E-state index in [1.54, 1.807) is 0 Å². The van der Waals surface area contributed by atoms with Gasteiger partial charge in [-0.25, -0.2) is 0 Å². The molecule has 1 aromatic rings. The Kier molecular flexibility index (Phi) is 3.48. The molecule has 1 nitrogen and oxygen atoms in total. The van der Waals surface area contributed by atoms with Crippen molar-refractivity contribution < 1.29 is 0 Å². The molecule has 0 spiro atoms. The van der Waals surface area contributed by atoms with Gasteiger partial charge in [-0.3, -0.25) is 0 Å². The van der Waals surface area contributed by atoms with Crippen LogP contribution in [0, 0.1) is 13.8 Å². The maximum atomic E-state index is 4.14. The Labute approximate surface area is 79.6 Å². The fourth-order valence-electron chi connectivity index (χ4n) is 1.20. The van der Waals surface area contributed by atoms with Gasteiger partial charge in [0.15, 0.2) is 0 Å². The summed E-state index contributed by atoms with van der Waals surface area (Å²) in [7, 11) is 0. The lowest BCUT2D eigenvalue weighted by Gasteiger charge is -2.08. The van der Waals surface area contributed by atoms with Crippen molar-refractivity contribution in [1.82, 2.24) is 0 Å². The zero-order valence-electron chi connectivity index (χ0n) is 7.59. The van der Waals surface area contributed by atoms with Gasteiger partial charge in [0.05, 0.1) is 0 Å². The Morgan fingerprint density at radius 3 is 2.67 bits per heavy atom. The van der Waals surface area contributed by atoms with Crippen molar-refractivity contribution in [3.8, 4) is 0 Å². The first kappa shape index (κ1) is 9.46. The molecule has 0 bridgehead atoms. The average molecular weight is 181 g/mol. The zero-order chi connectivity index (χ0) is 8.97. The lowest BCUT2D eigenvalue weighted by Crippen LogP contribution is -2.03. The maximum absolute atomic E-state index is 4.14. The summed E-state index contributed by atoms with van der Waals surface area (Å²) < 4.78 is 0. The van der Waals surface area contributed by atoms with E-state index in [2.05, 4.69) is 50.0 Å². The molecule has 0 aliphatic rings. The molecule has 2 heteroatoms. The van der Waals surface area contributed by atoms with Gasteiger partial charge in [-0.05, 0) is 25.5 Å². The van der Waals surface area contributed by atoms with Gasteiger partial charge in [0.1, 0.15) is 0 Å². The molecule has 12 heavy (non-hydrogen) atoms. The molecule has 0 aliphatic carbocycles. The number of nitrogens with one attached hydrogen (secondary N) is 1. The summed E-state index contributed by atoms with van der Waals surface area (Å²) in [4.78, 5) is 0. The Bertz CT molecular complexity index is 258. The lowest BCUT2D eigenvalue weighted by atomic mass is 10.1. The summed E-state index contributed by atoms with van der Waals surface area (Å²) in [5, 5.41) is 3.31. The van der Waals surface area contributed by atoms with Crippen LogP contribution in [0.4, 0.5) is 5.69 Å². The van der Waals surface area contributed by atoms with Gasteiger partial charge in [-0.1, -0.05) is 17.7 Å². The van der Waals surface area contributed by atoms with Gasteiger partial charge < -0.3 is 5.32 Å². The van der Waals surface area contributed by atoms with E-state index >= 15 is 0 Å². The molecule has 1 aromatic carbocycles. The molecule has 0 heterocycles. The average Bonchev–Trinajstić information content (AvgIpc) is 2.03. The lowest BCUT2D eigenvalue weighted by molar-refractivity contribution is 1.21. The molecule has 0 fully saturated rings. The molecule has 0 atom stereocenters. The number of thiol groups is 1. The summed E-state index contributed by atoms with van der Waals surface area (Å²) in [5.41, 5.74) is 3.83. The topological polar surface area (TPSA) is 12.0 Å². The van der Waals surface area contributed by atoms with Gasteiger partial charge in [0, 0.05) is 18.0 Å². The van der Waals surface area contributed by atoms with Crippen molar-refractivity contribution in [3.05, 3.63) is 29.3 Å². The van der Waals surface area contributed by atoms with Crippen LogP contribution < -0.4 is 5.32 Å². The first-order chi connectivity index (χ1) is 5.74. The summed E-state index contributed by atoms with van der Waals surface area (Å²) in [6, 6.07) is 6.42. The van der Waals surface area contributed by atoms with Crippen LogP contribution in [0.2, 0.25) is 0 Å². The molecular formula is C10H15NS. The van der Waals surface area contributed by atoms with Crippen LogP contribution >= 0.6 is 12.6 Å². The maximum Gasteiger partial charge on any atom is 0.0370 e. The van der Waals surface area contributed by atoms with E-state index in [-0.39, 0.29) is 0 Å². The van der Waals surface area contributed by atoms with Crippen LogP contribution in [0.1, 0.15) is 11.1 Å². The highest BCUT2D eigenvalue weighted by Crippen LogP contribution is 2.15. The van der Waals surface area contributed by atoms with Crippen molar-refractivity contribution in [1.29, 1.82) is 0 Å². The normalized spacial score (nSPS) is 9.92. The SMILES string of the molecule is Cc1ccc(NCCS)c(C)c1. The van der Waals surface area contributed by atoms with E-state index in [9.17, 15) is 0 Å². The second-order valence-electron chi connectivity index (χ2n) is 2.97. The van der Waals surface area contributed by atoms with Crippen molar-refractivity contribution in [2.24, 2.45) is 0 Å². The first-order valence-corrected chi connectivity index (χ1v) is 4.79. The van der Waals surface area contributed by atoms with Crippen molar-refractivity contribution in [2.45, 2.75) is 13.8 Å². The number of hydrogen-bond donors (Lipinski definition) is 2. The number of rotatable bonds is 3.